The van der Waals surface area contributed by atoms with Gasteiger partial charge in [-0.1, -0.05) is 6.08 Å². The number of aromatic amines is 1. The first-order valence-electron chi connectivity index (χ1n) is 6.46. The molecule has 4 N–H and O–H groups in total. The van der Waals surface area contributed by atoms with E-state index in [4.69, 9.17) is 17.3 Å². The molecule has 0 aromatic carbocycles. The highest BCUT2D eigenvalue weighted by atomic mass is 35.5. The van der Waals surface area contributed by atoms with Crippen LogP contribution >= 0.6 is 11.6 Å². The molecule has 0 spiro atoms. The van der Waals surface area contributed by atoms with Gasteiger partial charge in [0.05, 0.1) is 11.9 Å². The fraction of sp³-hybridized carbons (Fsp3) is 0.308. The summed E-state index contributed by atoms with van der Waals surface area (Å²) in [6.07, 6.45) is 5.48. The lowest BCUT2D eigenvalue weighted by Crippen LogP contribution is -2.13. The van der Waals surface area contributed by atoms with Gasteiger partial charge in [-0.2, -0.15) is 4.98 Å². The molecule has 0 fully saturated rings. The van der Waals surface area contributed by atoms with Crippen LogP contribution in [0, 0.1) is 0 Å². The Bertz CT molecular complexity index is 687. The van der Waals surface area contributed by atoms with Crippen molar-refractivity contribution in [1.29, 1.82) is 0 Å². The van der Waals surface area contributed by atoms with Crippen molar-refractivity contribution in [3.05, 3.63) is 29.3 Å². The monoisotopic (exact) mass is 290 g/mol. The minimum absolute atomic E-state index is 0.215. The van der Waals surface area contributed by atoms with Crippen LogP contribution in [0.5, 0.6) is 0 Å². The first-order valence-corrected chi connectivity index (χ1v) is 6.83. The molecule has 2 aromatic rings. The van der Waals surface area contributed by atoms with E-state index in [0.29, 0.717) is 18.9 Å². The van der Waals surface area contributed by atoms with Gasteiger partial charge in [0.15, 0.2) is 0 Å². The number of aromatic nitrogens is 3. The second kappa shape index (κ2) is 5.60. The number of H-pyrrole nitrogens is 1. The molecule has 0 saturated heterocycles. The Balaban J connectivity index is 1.87. The highest BCUT2D eigenvalue weighted by Crippen LogP contribution is 2.23. The van der Waals surface area contributed by atoms with E-state index in [1.54, 1.807) is 0 Å². The summed E-state index contributed by atoms with van der Waals surface area (Å²) >= 11 is 5.96. The lowest BCUT2D eigenvalue weighted by molar-refractivity contribution is 0.937. The highest BCUT2D eigenvalue weighted by molar-refractivity contribution is 6.28. The van der Waals surface area contributed by atoms with E-state index in [1.807, 2.05) is 18.3 Å². The number of fused-ring (bicyclic) bond motifs is 1. The van der Waals surface area contributed by atoms with Gasteiger partial charge in [0.1, 0.15) is 11.5 Å². The highest BCUT2D eigenvalue weighted by Gasteiger charge is 2.11. The summed E-state index contributed by atoms with van der Waals surface area (Å²) in [7, 11) is 0. The molecular weight excluding hydrogens is 276 g/mol. The topological polar surface area (TPSA) is 92.0 Å². The second-order valence-electron chi connectivity index (χ2n) is 4.57. The normalized spacial score (nSPS) is 14.0. The number of nitrogens with two attached hydrogens (primary N) is 1. The molecule has 0 amide bonds. The molecule has 1 aliphatic heterocycles. The van der Waals surface area contributed by atoms with E-state index in [1.165, 1.54) is 0 Å². The van der Waals surface area contributed by atoms with Crippen molar-refractivity contribution in [3.63, 3.8) is 0 Å². The van der Waals surface area contributed by atoms with E-state index in [9.17, 15) is 0 Å². The average molecular weight is 291 g/mol. The third-order valence-corrected chi connectivity index (χ3v) is 3.27. The maximum Gasteiger partial charge on any atom is 0.226 e. The summed E-state index contributed by atoms with van der Waals surface area (Å²) in [5.74, 6) is 0.717. The minimum atomic E-state index is 0.215. The summed E-state index contributed by atoms with van der Waals surface area (Å²) < 4.78 is 0. The molecule has 0 unspecified atom stereocenters. The Kier molecular flexibility index (Phi) is 3.66. The number of nitrogens with one attached hydrogen (secondary N) is 2. The zero-order chi connectivity index (χ0) is 13.9. The smallest absolute Gasteiger partial charge is 0.226 e. The lowest BCUT2D eigenvalue weighted by atomic mass is 10.2. The molecule has 0 radical (unpaired) electrons. The predicted molar refractivity (Wildman–Crippen MR) is 81.3 cm³/mol. The molecule has 0 bridgehead atoms. The fourth-order valence-electron chi connectivity index (χ4n) is 2.16. The van der Waals surface area contributed by atoms with Gasteiger partial charge in [-0.3, -0.25) is 4.99 Å². The molecule has 20 heavy (non-hydrogen) atoms. The summed E-state index contributed by atoms with van der Waals surface area (Å²) in [5, 5.41) is 4.40. The first kappa shape index (κ1) is 13.1. The third kappa shape index (κ3) is 2.66. The van der Waals surface area contributed by atoms with Crippen molar-refractivity contribution in [2.45, 2.75) is 12.8 Å². The maximum absolute atomic E-state index is 5.96. The number of hydrogen-bond acceptors (Lipinski definition) is 5. The molecule has 2 aromatic heterocycles. The number of hydrogen-bond donors (Lipinski definition) is 3. The Morgan fingerprint density at radius 1 is 1.40 bits per heavy atom. The Hall–Kier alpha value is -1.92. The van der Waals surface area contributed by atoms with Crippen LogP contribution in [0.25, 0.3) is 11.0 Å². The Labute approximate surface area is 121 Å². The number of nitrogens with zero attached hydrogens (tertiary/aromatic N) is 3. The van der Waals surface area contributed by atoms with E-state index in [0.717, 1.165) is 35.3 Å². The summed E-state index contributed by atoms with van der Waals surface area (Å²) in [6, 6.07) is 2.01. The predicted octanol–water partition coefficient (Wildman–Crippen LogP) is 1.88. The van der Waals surface area contributed by atoms with Gasteiger partial charge in [-0.15, -0.1) is 0 Å². The molecule has 0 saturated carbocycles. The fourth-order valence-corrected chi connectivity index (χ4v) is 2.33. The Morgan fingerprint density at radius 3 is 3.05 bits per heavy atom. The van der Waals surface area contributed by atoms with Crippen LogP contribution in [-0.4, -0.2) is 33.8 Å². The quantitative estimate of drug-likeness (QED) is 0.733. The minimum Gasteiger partial charge on any atom is -0.364 e. The van der Waals surface area contributed by atoms with Crippen LogP contribution < -0.4 is 11.1 Å². The molecule has 3 heterocycles. The molecule has 0 aliphatic carbocycles. The maximum atomic E-state index is 5.96. The van der Waals surface area contributed by atoms with Gasteiger partial charge >= 0.3 is 0 Å². The number of halogens is 1. The molecule has 1 aliphatic rings. The van der Waals surface area contributed by atoms with Gasteiger partial charge < -0.3 is 16.0 Å². The number of allylic oxidation sites excluding steroid dienone is 1. The third-order valence-electron chi connectivity index (χ3n) is 3.11. The molecular formula is C13H15ClN6. The second-order valence-corrected chi connectivity index (χ2v) is 4.91. The van der Waals surface area contributed by atoms with Crippen molar-refractivity contribution < 1.29 is 0 Å². The SMILES string of the molecule is NCCc1cc2c(NCC3=NC=CC3)nc(Cl)nc2[nH]1. The van der Waals surface area contributed by atoms with Crippen LogP contribution in [0.15, 0.2) is 23.3 Å². The largest absolute Gasteiger partial charge is 0.364 e. The lowest BCUT2D eigenvalue weighted by Gasteiger charge is -2.06. The van der Waals surface area contributed by atoms with Gasteiger partial charge in [0.2, 0.25) is 5.28 Å². The average Bonchev–Trinajstić information content (AvgIpc) is 3.05. The summed E-state index contributed by atoms with van der Waals surface area (Å²) in [5.41, 5.74) is 8.40. The first-order chi connectivity index (χ1) is 9.76. The summed E-state index contributed by atoms with van der Waals surface area (Å²) in [4.78, 5) is 15.9. The van der Waals surface area contributed by atoms with E-state index in [-0.39, 0.29) is 5.28 Å². The zero-order valence-electron chi connectivity index (χ0n) is 10.9. The molecule has 7 heteroatoms. The molecule has 6 nitrogen and oxygen atoms in total. The van der Waals surface area contributed by atoms with Crippen molar-refractivity contribution >= 4 is 34.2 Å². The standard InChI is InChI=1S/C13H15ClN6/c14-13-19-11(17-7-9-2-1-5-16-9)10-6-8(3-4-15)18-12(10)20-13/h1,5-6H,2-4,7,15H2,(H2,17,18,19,20). The Morgan fingerprint density at radius 2 is 2.30 bits per heavy atom. The van der Waals surface area contributed by atoms with Gasteiger partial charge in [0, 0.05) is 24.0 Å². The van der Waals surface area contributed by atoms with Crippen LogP contribution in [0.4, 0.5) is 5.82 Å². The number of rotatable bonds is 5. The molecule has 0 atom stereocenters. The van der Waals surface area contributed by atoms with Crippen LogP contribution in [-0.2, 0) is 6.42 Å². The number of aliphatic imine (C=N–C) groups is 1. The van der Waals surface area contributed by atoms with Crippen molar-refractivity contribution in [1.82, 2.24) is 15.0 Å². The molecule has 3 rings (SSSR count). The van der Waals surface area contributed by atoms with Crippen molar-refractivity contribution in [3.8, 4) is 0 Å². The van der Waals surface area contributed by atoms with Crippen molar-refractivity contribution in [2.75, 3.05) is 18.4 Å². The van der Waals surface area contributed by atoms with E-state index >= 15 is 0 Å². The van der Waals surface area contributed by atoms with Gasteiger partial charge in [0.25, 0.3) is 0 Å². The number of anilines is 1. The zero-order valence-corrected chi connectivity index (χ0v) is 11.6. The van der Waals surface area contributed by atoms with Gasteiger partial charge in [-0.25, -0.2) is 4.98 Å². The van der Waals surface area contributed by atoms with E-state index < -0.39 is 0 Å². The molecule has 104 valence electrons. The van der Waals surface area contributed by atoms with E-state index in [2.05, 4.69) is 25.3 Å². The van der Waals surface area contributed by atoms with Crippen molar-refractivity contribution in [2.24, 2.45) is 10.7 Å². The van der Waals surface area contributed by atoms with Crippen LogP contribution in [0.1, 0.15) is 12.1 Å². The van der Waals surface area contributed by atoms with Gasteiger partial charge in [-0.05, 0) is 30.6 Å². The summed E-state index contributed by atoms with van der Waals surface area (Å²) in [6.45, 7) is 1.23. The van der Waals surface area contributed by atoms with Crippen LogP contribution in [0.2, 0.25) is 5.28 Å². The van der Waals surface area contributed by atoms with Crippen LogP contribution in [0.3, 0.4) is 0 Å².